The van der Waals surface area contributed by atoms with Gasteiger partial charge in [-0.05, 0) is 30.8 Å². The number of carbonyl (C=O) groups excluding carboxylic acids is 1. The van der Waals surface area contributed by atoms with E-state index in [9.17, 15) is 4.79 Å². The smallest absolute Gasteiger partial charge is 0.255 e. The Morgan fingerprint density at radius 3 is 2.62 bits per heavy atom. The van der Waals surface area contributed by atoms with Crippen molar-refractivity contribution in [2.75, 3.05) is 14.2 Å². The Hall–Kier alpha value is -1.72. The van der Waals surface area contributed by atoms with Crippen molar-refractivity contribution in [2.24, 2.45) is 0 Å². The van der Waals surface area contributed by atoms with Gasteiger partial charge in [-0.3, -0.25) is 4.79 Å². The van der Waals surface area contributed by atoms with Crippen LogP contribution >= 0.6 is 23.6 Å². The molecule has 110 valence electrons. The van der Waals surface area contributed by atoms with Crippen molar-refractivity contribution in [3.8, 4) is 0 Å². The van der Waals surface area contributed by atoms with E-state index in [2.05, 4.69) is 0 Å². The molecule has 0 unspecified atom stereocenters. The number of nitrogens with zero attached hydrogens (tertiary/aromatic N) is 1. The summed E-state index contributed by atoms with van der Waals surface area (Å²) in [6, 6.07) is 11.7. The second-order valence-corrected chi connectivity index (χ2v) is 6.35. The molecule has 0 N–H and O–H groups in total. The Kier molecular flexibility index (Phi) is 5.09. The summed E-state index contributed by atoms with van der Waals surface area (Å²) < 4.78 is 5.06. The Morgan fingerprint density at radius 1 is 1.33 bits per heavy atom. The van der Waals surface area contributed by atoms with Crippen molar-refractivity contribution in [3.05, 3.63) is 57.3 Å². The third-order valence-corrected chi connectivity index (χ3v) is 4.71. The minimum absolute atomic E-state index is 0.00208. The van der Waals surface area contributed by atoms with Crippen LogP contribution in [0.15, 0.2) is 36.4 Å². The van der Waals surface area contributed by atoms with E-state index < -0.39 is 0 Å². The van der Waals surface area contributed by atoms with Gasteiger partial charge in [-0.15, -0.1) is 11.3 Å². The highest BCUT2D eigenvalue weighted by Crippen LogP contribution is 2.24. The van der Waals surface area contributed by atoms with Gasteiger partial charge in [-0.1, -0.05) is 30.3 Å². The highest BCUT2D eigenvalue weighted by atomic mass is 32.1. The van der Waals surface area contributed by atoms with Crippen molar-refractivity contribution in [1.82, 2.24) is 4.90 Å². The van der Waals surface area contributed by atoms with Crippen LogP contribution in [0.25, 0.3) is 0 Å². The molecule has 0 radical (unpaired) electrons. The van der Waals surface area contributed by atoms with Crippen LogP contribution in [0.5, 0.6) is 0 Å². The first-order valence-electron chi connectivity index (χ1n) is 6.51. The molecule has 0 aliphatic carbocycles. The van der Waals surface area contributed by atoms with E-state index >= 15 is 0 Å². The maximum Gasteiger partial charge on any atom is 0.255 e. The van der Waals surface area contributed by atoms with Gasteiger partial charge in [-0.2, -0.15) is 0 Å². The molecule has 0 aliphatic rings. The fraction of sp³-hybridized carbons (Fsp3) is 0.250. The number of carbonyl (C=O) groups is 1. The van der Waals surface area contributed by atoms with Crippen molar-refractivity contribution < 1.29 is 9.53 Å². The molecule has 1 heterocycles. The lowest BCUT2D eigenvalue weighted by molar-refractivity contribution is 0.0785. The van der Waals surface area contributed by atoms with Crippen LogP contribution in [0, 0.1) is 6.92 Å². The van der Waals surface area contributed by atoms with Crippen molar-refractivity contribution in [3.63, 3.8) is 0 Å². The van der Waals surface area contributed by atoms with Gasteiger partial charge in [0, 0.05) is 18.5 Å². The van der Waals surface area contributed by atoms with Crippen LogP contribution in [0.3, 0.4) is 0 Å². The van der Waals surface area contributed by atoms with E-state index in [1.54, 1.807) is 19.1 Å². The molecule has 0 saturated carbocycles. The predicted molar refractivity (Wildman–Crippen MR) is 90.0 cm³/mol. The first kappa shape index (κ1) is 15.7. The normalized spacial score (nSPS) is 10.2. The van der Waals surface area contributed by atoms with Crippen LogP contribution in [0.4, 0.5) is 0 Å². The zero-order valence-electron chi connectivity index (χ0n) is 12.3. The molecule has 5 heteroatoms. The number of aryl methyl sites for hydroxylation is 1. The Bertz CT molecular complexity index is 650. The van der Waals surface area contributed by atoms with Gasteiger partial charge < -0.3 is 9.64 Å². The zero-order chi connectivity index (χ0) is 15.4. The van der Waals surface area contributed by atoms with Crippen molar-refractivity contribution in [2.45, 2.75) is 13.5 Å². The van der Waals surface area contributed by atoms with Crippen LogP contribution in [0.2, 0.25) is 0 Å². The molecule has 0 fully saturated rings. The Morgan fingerprint density at radius 2 is 2.00 bits per heavy atom. The summed E-state index contributed by atoms with van der Waals surface area (Å²) in [7, 11) is 3.35. The van der Waals surface area contributed by atoms with Crippen molar-refractivity contribution in [1.29, 1.82) is 0 Å². The lowest BCUT2D eigenvalue weighted by atomic mass is 10.2. The highest BCUT2D eigenvalue weighted by molar-refractivity contribution is 7.80. The summed E-state index contributed by atoms with van der Waals surface area (Å²) in [6.07, 6.45) is 0. The predicted octanol–water partition coefficient (Wildman–Crippen LogP) is 3.65. The van der Waals surface area contributed by atoms with E-state index in [1.807, 2.05) is 43.3 Å². The lowest BCUT2D eigenvalue weighted by Crippen LogP contribution is -2.26. The molecule has 2 aromatic rings. The molecule has 0 atom stereocenters. The van der Waals surface area contributed by atoms with E-state index in [0.717, 1.165) is 15.3 Å². The maximum absolute atomic E-state index is 12.5. The van der Waals surface area contributed by atoms with E-state index in [1.165, 1.54) is 11.3 Å². The summed E-state index contributed by atoms with van der Waals surface area (Å²) in [5.41, 5.74) is 1.79. The fourth-order valence-electron chi connectivity index (χ4n) is 2.03. The minimum atomic E-state index is -0.00208. The van der Waals surface area contributed by atoms with Gasteiger partial charge in [-0.25, -0.2) is 0 Å². The Balaban J connectivity index is 2.16. The summed E-state index contributed by atoms with van der Waals surface area (Å²) in [5, 5.41) is 0.424. The first-order chi connectivity index (χ1) is 10.0. The number of amides is 1. The standard InChI is InChI=1S/C16H17NO2S2/c1-11-13(9-14(21-11)16(20)19-3)15(18)17(2)10-12-7-5-4-6-8-12/h4-9H,10H2,1-3H3. The maximum atomic E-state index is 12.5. The molecule has 21 heavy (non-hydrogen) atoms. The molecular weight excluding hydrogens is 302 g/mol. The molecule has 0 saturated heterocycles. The molecule has 3 nitrogen and oxygen atoms in total. The third kappa shape index (κ3) is 3.68. The number of methoxy groups -OCH3 is 1. The number of rotatable bonds is 4. The Labute approximate surface area is 134 Å². The first-order valence-corrected chi connectivity index (χ1v) is 7.73. The number of hydrogen-bond donors (Lipinski definition) is 0. The molecule has 0 bridgehead atoms. The van der Waals surface area contributed by atoms with E-state index in [4.69, 9.17) is 17.0 Å². The van der Waals surface area contributed by atoms with Gasteiger partial charge in [0.15, 0.2) is 0 Å². The van der Waals surface area contributed by atoms with Gasteiger partial charge in [0.1, 0.15) is 0 Å². The SMILES string of the molecule is COC(=S)c1cc(C(=O)N(C)Cc2ccccc2)c(C)s1. The number of thiophene rings is 1. The zero-order valence-corrected chi connectivity index (χ0v) is 13.9. The summed E-state index contributed by atoms with van der Waals surface area (Å²) >= 11 is 6.60. The van der Waals surface area contributed by atoms with Gasteiger partial charge in [0.25, 0.3) is 5.91 Å². The van der Waals surface area contributed by atoms with Crippen LogP contribution < -0.4 is 0 Å². The molecule has 2 rings (SSSR count). The average Bonchev–Trinajstić information content (AvgIpc) is 2.88. The number of benzene rings is 1. The molecule has 1 aromatic carbocycles. The largest absolute Gasteiger partial charge is 0.486 e. The molecular formula is C16H17NO2S2. The molecule has 0 spiro atoms. The second kappa shape index (κ2) is 6.83. The quantitative estimate of drug-likeness (QED) is 0.806. The highest BCUT2D eigenvalue weighted by Gasteiger charge is 2.19. The van der Waals surface area contributed by atoms with Gasteiger partial charge in [0.2, 0.25) is 5.05 Å². The molecule has 1 aromatic heterocycles. The average molecular weight is 319 g/mol. The monoisotopic (exact) mass is 319 g/mol. The second-order valence-electron chi connectivity index (χ2n) is 4.72. The van der Waals surface area contributed by atoms with E-state index in [-0.39, 0.29) is 5.91 Å². The topological polar surface area (TPSA) is 29.5 Å². The van der Waals surface area contributed by atoms with Crippen LogP contribution in [-0.4, -0.2) is 30.0 Å². The van der Waals surface area contributed by atoms with Crippen molar-refractivity contribution >= 4 is 34.5 Å². The summed E-state index contributed by atoms with van der Waals surface area (Å²) in [6.45, 7) is 2.51. The van der Waals surface area contributed by atoms with Crippen LogP contribution in [-0.2, 0) is 11.3 Å². The molecule has 1 amide bonds. The molecule has 0 aliphatic heterocycles. The lowest BCUT2D eigenvalue weighted by Gasteiger charge is -2.17. The number of hydrogen-bond acceptors (Lipinski definition) is 4. The van der Waals surface area contributed by atoms with Gasteiger partial charge in [0.05, 0.1) is 17.6 Å². The van der Waals surface area contributed by atoms with Crippen LogP contribution in [0.1, 0.15) is 25.7 Å². The number of ether oxygens (including phenoxy) is 1. The van der Waals surface area contributed by atoms with E-state index in [0.29, 0.717) is 17.2 Å². The summed E-state index contributed by atoms with van der Waals surface area (Å²) in [5.74, 6) is -0.00208. The summed E-state index contributed by atoms with van der Waals surface area (Å²) in [4.78, 5) is 16.0. The fourth-order valence-corrected chi connectivity index (χ4v) is 3.14. The third-order valence-electron chi connectivity index (χ3n) is 3.14. The number of thiocarbonyl (C=S) groups is 1. The minimum Gasteiger partial charge on any atom is -0.486 e. The van der Waals surface area contributed by atoms with Gasteiger partial charge >= 0.3 is 0 Å².